The molecule has 1 heterocycles. The molecular weight excluding hydrogens is 376 g/mol. The minimum Gasteiger partial charge on any atom is -0.463 e. The van der Waals surface area contributed by atoms with Crippen LogP contribution in [0, 0.1) is 0 Å². The van der Waals surface area contributed by atoms with E-state index in [0.29, 0.717) is 0 Å². The highest BCUT2D eigenvalue weighted by Crippen LogP contribution is 2.28. The van der Waals surface area contributed by atoms with Crippen LogP contribution in [0.15, 0.2) is 0 Å². The van der Waals surface area contributed by atoms with Crippen LogP contribution in [0.2, 0.25) is 0 Å². The average molecular weight is 404 g/mol. The van der Waals surface area contributed by atoms with Gasteiger partial charge in [-0.05, 0) is 0 Å². The first-order valence-corrected chi connectivity index (χ1v) is 9.34. The molecule has 160 valence electrons. The third-order valence-electron chi connectivity index (χ3n) is 3.98. The lowest BCUT2D eigenvalue weighted by molar-refractivity contribution is -0.297. The summed E-state index contributed by atoms with van der Waals surface area (Å²) in [6, 6.07) is 0. The van der Waals surface area contributed by atoms with Gasteiger partial charge < -0.3 is 28.8 Å². The van der Waals surface area contributed by atoms with Gasteiger partial charge in [0.15, 0.2) is 24.6 Å². The topological polar surface area (TPSA) is 135 Å². The van der Waals surface area contributed by atoms with Crippen LogP contribution in [-0.4, -0.2) is 66.3 Å². The van der Waals surface area contributed by atoms with Gasteiger partial charge in [-0.2, -0.15) is 0 Å². The van der Waals surface area contributed by atoms with Crippen LogP contribution < -0.4 is 0 Å². The summed E-state index contributed by atoms with van der Waals surface area (Å²) in [7, 11) is 0. The number of carbonyl (C=O) groups is 4. The number of hydrogen-bond acceptors (Lipinski definition) is 10. The lowest BCUT2D eigenvalue weighted by atomic mass is 9.98. The molecule has 10 nitrogen and oxygen atoms in total. The third kappa shape index (κ3) is 6.75. The predicted molar refractivity (Wildman–Crippen MR) is 92.6 cm³/mol. The van der Waals surface area contributed by atoms with Gasteiger partial charge in [-0.25, -0.2) is 0 Å². The molecule has 0 aromatic carbocycles. The minimum atomic E-state index is -1.67. The average Bonchev–Trinajstić information content (AvgIpc) is 2.69. The number of hydrogen-bond donors (Lipinski definition) is 1. The summed E-state index contributed by atoms with van der Waals surface area (Å²) in [6.45, 7) is 5.92. The molecule has 1 rings (SSSR count). The van der Waals surface area contributed by atoms with Crippen molar-refractivity contribution in [2.75, 3.05) is 6.61 Å². The Kier molecular flexibility index (Phi) is 9.88. The number of ether oxygens (including phenoxy) is 5. The quantitative estimate of drug-likeness (QED) is 0.430. The summed E-state index contributed by atoms with van der Waals surface area (Å²) in [5, 5.41) is 10.3. The van der Waals surface area contributed by atoms with E-state index in [-0.39, 0.29) is 32.3 Å². The number of aliphatic hydroxyl groups excluding tert-OH is 1. The maximum Gasteiger partial charge on any atom is 0.306 e. The molecule has 1 aliphatic rings. The molecule has 0 bridgehead atoms. The first kappa shape index (κ1) is 23.8. The van der Waals surface area contributed by atoms with Crippen LogP contribution in [0.5, 0.6) is 0 Å². The van der Waals surface area contributed by atoms with E-state index < -0.39 is 54.6 Å². The Morgan fingerprint density at radius 2 is 1.14 bits per heavy atom. The molecule has 1 fully saturated rings. The maximum atomic E-state index is 11.9. The fourth-order valence-electron chi connectivity index (χ4n) is 2.41. The van der Waals surface area contributed by atoms with Crippen LogP contribution in [0.4, 0.5) is 0 Å². The molecule has 0 radical (unpaired) electrons. The summed E-state index contributed by atoms with van der Waals surface area (Å²) in [5.41, 5.74) is 0. The molecule has 0 amide bonds. The number of carbonyl (C=O) groups excluding carboxylic acids is 4. The van der Waals surface area contributed by atoms with E-state index in [1.54, 1.807) is 27.7 Å². The van der Waals surface area contributed by atoms with Crippen molar-refractivity contribution in [2.24, 2.45) is 0 Å². The smallest absolute Gasteiger partial charge is 0.306 e. The van der Waals surface area contributed by atoms with Crippen molar-refractivity contribution in [2.45, 2.75) is 84.1 Å². The summed E-state index contributed by atoms with van der Waals surface area (Å²) < 4.78 is 26.2. The van der Waals surface area contributed by atoms with E-state index in [0.717, 1.165) is 0 Å². The molecule has 10 heteroatoms. The minimum absolute atomic E-state index is 0.00578. The van der Waals surface area contributed by atoms with Crippen molar-refractivity contribution < 1.29 is 48.0 Å². The summed E-state index contributed by atoms with van der Waals surface area (Å²) in [5.74, 6) is -2.48. The Hall–Kier alpha value is -2.20. The van der Waals surface area contributed by atoms with Crippen LogP contribution >= 0.6 is 0 Å². The maximum absolute atomic E-state index is 11.9. The second kappa shape index (κ2) is 11.6. The Labute approximate surface area is 163 Å². The fraction of sp³-hybridized carbons (Fsp3) is 0.778. The van der Waals surface area contributed by atoms with Gasteiger partial charge in [0.2, 0.25) is 0 Å². The van der Waals surface area contributed by atoms with Crippen molar-refractivity contribution >= 4 is 23.9 Å². The van der Waals surface area contributed by atoms with Gasteiger partial charge in [0.25, 0.3) is 0 Å². The Morgan fingerprint density at radius 3 is 1.61 bits per heavy atom. The highest BCUT2D eigenvalue weighted by molar-refractivity contribution is 5.71. The normalized spacial score (nSPS) is 26.8. The molecule has 1 N–H and O–H groups in total. The van der Waals surface area contributed by atoms with Crippen molar-refractivity contribution in [1.82, 2.24) is 0 Å². The second-order valence-electron chi connectivity index (χ2n) is 6.03. The van der Waals surface area contributed by atoms with Crippen LogP contribution in [0.3, 0.4) is 0 Å². The van der Waals surface area contributed by atoms with Gasteiger partial charge in [0.1, 0.15) is 12.7 Å². The SMILES string of the molecule is CCC(=O)OC[C@H]1O[C@@H](O)[C@H](OC(=O)CC)[C@@H](OC(=O)CC)[C@H]1OC(=O)CC. The van der Waals surface area contributed by atoms with Gasteiger partial charge >= 0.3 is 23.9 Å². The van der Waals surface area contributed by atoms with Gasteiger partial charge in [0.05, 0.1) is 0 Å². The Balaban J connectivity index is 3.17. The highest BCUT2D eigenvalue weighted by atomic mass is 16.7. The predicted octanol–water partition coefficient (Wildman–Crippen LogP) is 0.622. The molecule has 1 saturated heterocycles. The number of aliphatic hydroxyl groups is 1. The largest absolute Gasteiger partial charge is 0.463 e. The van der Waals surface area contributed by atoms with Crippen molar-refractivity contribution in [1.29, 1.82) is 0 Å². The highest BCUT2D eigenvalue weighted by Gasteiger charge is 2.52. The van der Waals surface area contributed by atoms with E-state index in [1.165, 1.54) is 0 Å². The molecule has 0 unspecified atom stereocenters. The van der Waals surface area contributed by atoms with Crippen LogP contribution in [-0.2, 0) is 42.9 Å². The molecule has 0 aromatic rings. The summed E-state index contributed by atoms with van der Waals surface area (Å²) in [4.78, 5) is 47.0. The van der Waals surface area contributed by atoms with E-state index >= 15 is 0 Å². The van der Waals surface area contributed by atoms with Gasteiger partial charge in [0, 0.05) is 25.7 Å². The van der Waals surface area contributed by atoms with Crippen LogP contribution in [0.25, 0.3) is 0 Å². The molecule has 28 heavy (non-hydrogen) atoms. The van der Waals surface area contributed by atoms with Crippen LogP contribution in [0.1, 0.15) is 53.4 Å². The second-order valence-corrected chi connectivity index (χ2v) is 6.03. The zero-order valence-electron chi connectivity index (χ0n) is 16.5. The zero-order valence-corrected chi connectivity index (χ0v) is 16.5. The molecule has 5 atom stereocenters. The van der Waals surface area contributed by atoms with E-state index in [2.05, 4.69) is 0 Å². The number of rotatable bonds is 9. The van der Waals surface area contributed by atoms with E-state index in [9.17, 15) is 24.3 Å². The lowest BCUT2D eigenvalue weighted by Crippen LogP contribution is -2.62. The van der Waals surface area contributed by atoms with E-state index in [4.69, 9.17) is 23.7 Å². The van der Waals surface area contributed by atoms with Gasteiger partial charge in [-0.3, -0.25) is 19.2 Å². The lowest BCUT2D eigenvalue weighted by Gasteiger charge is -2.42. The standard InChI is InChI=1S/C18H28O10/c1-5-11(19)24-9-10-15(26-12(20)6-2)16(27-13(21)7-3)17(18(23)25-10)28-14(22)8-4/h10,15-18,23H,5-9H2,1-4H3/t10-,15+,16+,17-,18-/m1/s1. The molecule has 0 aliphatic carbocycles. The molecule has 1 aliphatic heterocycles. The van der Waals surface area contributed by atoms with Crippen molar-refractivity contribution in [3.8, 4) is 0 Å². The first-order valence-electron chi connectivity index (χ1n) is 9.34. The van der Waals surface area contributed by atoms with Gasteiger partial charge in [-0.1, -0.05) is 27.7 Å². The molecule has 0 spiro atoms. The third-order valence-corrected chi connectivity index (χ3v) is 3.98. The number of esters is 4. The summed E-state index contributed by atoms with van der Waals surface area (Å²) in [6.07, 6.45) is -6.62. The van der Waals surface area contributed by atoms with Crippen molar-refractivity contribution in [3.05, 3.63) is 0 Å². The fourth-order valence-corrected chi connectivity index (χ4v) is 2.41. The van der Waals surface area contributed by atoms with Crippen molar-refractivity contribution in [3.63, 3.8) is 0 Å². The zero-order chi connectivity index (χ0) is 21.3. The Bertz CT molecular complexity index is 561. The first-order chi connectivity index (χ1) is 13.3. The van der Waals surface area contributed by atoms with Gasteiger partial charge in [-0.15, -0.1) is 0 Å². The molecular formula is C18H28O10. The Morgan fingerprint density at radius 1 is 0.714 bits per heavy atom. The molecule has 0 saturated carbocycles. The monoisotopic (exact) mass is 404 g/mol. The van der Waals surface area contributed by atoms with E-state index in [1.807, 2.05) is 0 Å². The molecule has 0 aromatic heterocycles. The summed E-state index contributed by atoms with van der Waals surface area (Å²) >= 11 is 0.